The SMILES string of the molecule is CCCn1c(CO)nc2cc(C(=O)O)ccc21. The highest BCUT2D eigenvalue weighted by atomic mass is 16.4. The predicted molar refractivity (Wildman–Crippen MR) is 62.9 cm³/mol. The van der Waals surface area contributed by atoms with Gasteiger partial charge in [-0.3, -0.25) is 0 Å². The Bertz CT molecular complexity index is 560. The molecule has 1 heterocycles. The summed E-state index contributed by atoms with van der Waals surface area (Å²) in [5.41, 5.74) is 1.69. The average Bonchev–Trinajstić information content (AvgIpc) is 2.67. The van der Waals surface area contributed by atoms with Crippen molar-refractivity contribution in [3.63, 3.8) is 0 Å². The fraction of sp³-hybridized carbons (Fsp3) is 0.333. The van der Waals surface area contributed by atoms with Crippen LogP contribution in [0, 0.1) is 0 Å². The average molecular weight is 234 g/mol. The number of carboxylic acid groups (broad SMARTS) is 1. The third kappa shape index (κ3) is 2.01. The number of aromatic nitrogens is 2. The van der Waals surface area contributed by atoms with Crippen molar-refractivity contribution in [2.24, 2.45) is 0 Å². The largest absolute Gasteiger partial charge is 0.478 e. The number of aromatic carboxylic acids is 1. The van der Waals surface area contributed by atoms with Crippen molar-refractivity contribution in [2.75, 3.05) is 0 Å². The van der Waals surface area contributed by atoms with Crippen molar-refractivity contribution in [3.8, 4) is 0 Å². The fourth-order valence-corrected chi connectivity index (χ4v) is 1.91. The van der Waals surface area contributed by atoms with E-state index in [0.717, 1.165) is 18.5 Å². The quantitative estimate of drug-likeness (QED) is 0.843. The number of benzene rings is 1. The molecule has 0 aliphatic carbocycles. The van der Waals surface area contributed by atoms with Gasteiger partial charge in [0.2, 0.25) is 0 Å². The Morgan fingerprint density at radius 1 is 1.47 bits per heavy atom. The number of carboxylic acids is 1. The van der Waals surface area contributed by atoms with E-state index in [0.29, 0.717) is 11.3 Å². The Labute approximate surface area is 98.3 Å². The summed E-state index contributed by atoms with van der Waals surface area (Å²) in [4.78, 5) is 15.1. The highest BCUT2D eigenvalue weighted by Gasteiger charge is 2.11. The normalized spacial score (nSPS) is 10.9. The molecule has 0 amide bonds. The number of imidazole rings is 1. The van der Waals surface area contributed by atoms with Crippen LogP contribution in [0.15, 0.2) is 18.2 Å². The van der Waals surface area contributed by atoms with E-state index in [2.05, 4.69) is 4.98 Å². The molecular formula is C12H14N2O3. The van der Waals surface area contributed by atoms with Gasteiger partial charge in [0.15, 0.2) is 0 Å². The Morgan fingerprint density at radius 3 is 2.82 bits per heavy atom. The summed E-state index contributed by atoms with van der Waals surface area (Å²) in [6.07, 6.45) is 0.930. The second-order valence-electron chi connectivity index (χ2n) is 3.85. The summed E-state index contributed by atoms with van der Waals surface area (Å²) in [6.45, 7) is 2.66. The number of aliphatic hydroxyl groups excluding tert-OH is 1. The number of aliphatic hydroxyl groups is 1. The highest BCUT2D eigenvalue weighted by Crippen LogP contribution is 2.18. The molecule has 0 aliphatic heterocycles. The Kier molecular flexibility index (Phi) is 3.10. The minimum Gasteiger partial charge on any atom is -0.478 e. The third-order valence-corrected chi connectivity index (χ3v) is 2.66. The molecule has 0 saturated heterocycles. The zero-order valence-corrected chi connectivity index (χ0v) is 9.55. The van der Waals surface area contributed by atoms with Crippen LogP contribution in [-0.4, -0.2) is 25.7 Å². The first-order chi connectivity index (χ1) is 8.17. The molecule has 1 aromatic carbocycles. The van der Waals surface area contributed by atoms with Gasteiger partial charge in [-0.25, -0.2) is 9.78 Å². The molecule has 0 atom stereocenters. The van der Waals surface area contributed by atoms with Gasteiger partial charge in [-0.2, -0.15) is 0 Å². The van der Waals surface area contributed by atoms with E-state index in [4.69, 9.17) is 5.11 Å². The van der Waals surface area contributed by atoms with Gasteiger partial charge in [-0.1, -0.05) is 6.92 Å². The number of aryl methyl sites for hydroxylation is 1. The van der Waals surface area contributed by atoms with Crippen molar-refractivity contribution < 1.29 is 15.0 Å². The lowest BCUT2D eigenvalue weighted by Crippen LogP contribution is -2.03. The first-order valence-electron chi connectivity index (χ1n) is 5.50. The molecule has 0 bridgehead atoms. The maximum absolute atomic E-state index is 10.8. The molecule has 0 fully saturated rings. The minimum atomic E-state index is -0.970. The van der Waals surface area contributed by atoms with E-state index in [9.17, 15) is 9.90 Å². The molecule has 5 heteroatoms. The van der Waals surface area contributed by atoms with Crippen LogP contribution >= 0.6 is 0 Å². The van der Waals surface area contributed by atoms with Gasteiger partial charge < -0.3 is 14.8 Å². The molecule has 2 N–H and O–H groups in total. The molecule has 0 unspecified atom stereocenters. The van der Waals surface area contributed by atoms with Crippen LogP contribution in [-0.2, 0) is 13.2 Å². The fourth-order valence-electron chi connectivity index (χ4n) is 1.91. The lowest BCUT2D eigenvalue weighted by atomic mass is 10.2. The van der Waals surface area contributed by atoms with Crippen LogP contribution in [0.25, 0.3) is 11.0 Å². The first-order valence-corrected chi connectivity index (χ1v) is 5.50. The van der Waals surface area contributed by atoms with Gasteiger partial charge in [-0.15, -0.1) is 0 Å². The van der Waals surface area contributed by atoms with Crippen molar-refractivity contribution >= 4 is 17.0 Å². The summed E-state index contributed by atoms with van der Waals surface area (Å²) in [5.74, 6) is -0.396. The van der Waals surface area contributed by atoms with Crippen LogP contribution in [0.1, 0.15) is 29.5 Å². The van der Waals surface area contributed by atoms with Gasteiger partial charge in [0, 0.05) is 6.54 Å². The van der Waals surface area contributed by atoms with Crippen molar-refractivity contribution in [1.82, 2.24) is 9.55 Å². The first kappa shape index (κ1) is 11.6. The van der Waals surface area contributed by atoms with E-state index in [-0.39, 0.29) is 12.2 Å². The molecule has 90 valence electrons. The smallest absolute Gasteiger partial charge is 0.335 e. The molecule has 2 rings (SSSR count). The Morgan fingerprint density at radius 2 is 2.24 bits per heavy atom. The molecular weight excluding hydrogens is 220 g/mol. The van der Waals surface area contributed by atoms with Crippen LogP contribution in [0.3, 0.4) is 0 Å². The molecule has 1 aromatic heterocycles. The van der Waals surface area contributed by atoms with Gasteiger partial charge >= 0.3 is 5.97 Å². The summed E-state index contributed by atoms with van der Waals surface area (Å²) < 4.78 is 1.92. The second kappa shape index (κ2) is 4.55. The van der Waals surface area contributed by atoms with Gasteiger partial charge in [-0.05, 0) is 24.6 Å². The lowest BCUT2D eigenvalue weighted by Gasteiger charge is -2.05. The van der Waals surface area contributed by atoms with Crippen LogP contribution in [0.5, 0.6) is 0 Å². The number of fused-ring (bicyclic) bond motifs is 1. The van der Waals surface area contributed by atoms with E-state index in [1.165, 1.54) is 6.07 Å². The topological polar surface area (TPSA) is 75.3 Å². The van der Waals surface area contributed by atoms with Gasteiger partial charge in [0.25, 0.3) is 0 Å². The van der Waals surface area contributed by atoms with Gasteiger partial charge in [0.1, 0.15) is 12.4 Å². The summed E-state index contributed by atoms with van der Waals surface area (Å²) in [5, 5.41) is 18.1. The molecule has 5 nitrogen and oxygen atoms in total. The van der Waals surface area contributed by atoms with Crippen molar-refractivity contribution in [1.29, 1.82) is 0 Å². The zero-order valence-electron chi connectivity index (χ0n) is 9.55. The number of hydrogen-bond acceptors (Lipinski definition) is 3. The highest BCUT2D eigenvalue weighted by molar-refractivity contribution is 5.92. The molecule has 2 aromatic rings. The van der Waals surface area contributed by atoms with Crippen LogP contribution < -0.4 is 0 Å². The van der Waals surface area contributed by atoms with Gasteiger partial charge in [0.05, 0.1) is 16.6 Å². The lowest BCUT2D eigenvalue weighted by molar-refractivity contribution is 0.0697. The minimum absolute atomic E-state index is 0.142. The zero-order chi connectivity index (χ0) is 12.4. The molecule has 17 heavy (non-hydrogen) atoms. The molecule has 0 saturated carbocycles. The maximum Gasteiger partial charge on any atom is 0.335 e. The standard InChI is InChI=1S/C12H14N2O3/c1-2-5-14-10-4-3-8(12(16)17)6-9(10)13-11(14)7-15/h3-4,6,15H,2,5,7H2,1H3,(H,16,17). The van der Waals surface area contributed by atoms with E-state index in [1.807, 2.05) is 11.5 Å². The van der Waals surface area contributed by atoms with Crippen LogP contribution in [0.4, 0.5) is 0 Å². The van der Waals surface area contributed by atoms with E-state index in [1.54, 1.807) is 12.1 Å². The number of hydrogen-bond donors (Lipinski definition) is 2. The van der Waals surface area contributed by atoms with E-state index >= 15 is 0 Å². The summed E-state index contributed by atoms with van der Waals surface area (Å²) in [7, 11) is 0. The third-order valence-electron chi connectivity index (χ3n) is 2.66. The molecule has 0 spiro atoms. The summed E-state index contributed by atoms with van der Waals surface area (Å²) in [6, 6.07) is 4.82. The maximum atomic E-state index is 10.8. The molecule has 0 radical (unpaired) electrons. The van der Waals surface area contributed by atoms with Crippen molar-refractivity contribution in [3.05, 3.63) is 29.6 Å². The predicted octanol–water partition coefficient (Wildman–Crippen LogP) is 1.64. The number of nitrogens with zero attached hydrogens (tertiary/aromatic N) is 2. The van der Waals surface area contributed by atoms with E-state index < -0.39 is 5.97 Å². The summed E-state index contributed by atoms with van der Waals surface area (Å²) >= 11 is 0. The van der Waals surface area contributed by atoms with Crippen molar-refractivity contribution in [2.45, 2.75) is 26.5 Å². The Balaban J connectivity index is 2.61. The number of carbonyl (C=O) groups is 1. The van der Waals surface area contributed by atoms with Crippen LogP contribution in [0.2, 0.25) is 0 Å². The number of rotatable bonds is 4. The second-order valence-corrected chi connectivity index (χ2v) is 3.85. The monoisotopic (exact) mass is 234 g/mol. The Hall–Kier alpha value is -1.88. The molecule has 0 aliphatic rings.